The van der Waals surface area contributed by atoms with E-state index >= 15 is 0 Å². The summed E-state index contributed by atoms with van der Waals surface area (Å²) in [5, 5.41) is 9.07. The summed E-state index contributed by atoms with van der Waals surface area (Å²) in [7, 11) is -1.32. The van der Waals surface area contributed by atoms with Gasteiger partial charge in [-0.3, -0.25) is 14.4 Å². The van der Waals surface area contributed by atoms with Gasteiger partial charge in [-0.2, -0.15) is 0 Å². The van der Waals surface area contributed by atoms with Gasteiger partial charge in [0.05, 0.1) is 22.3 Å². The largest absolute Gasteiger partial charge is 0.329 e. The second-order valence-electron chi connectivity index (χ2n) is 12.6. The minimum Gasteiger partial charge on any atom is -0.329 e. The van der Waals surface area contributed by atoms with Crippen LogP contribution >= 0.6 is 0 Å². The lowest BCUT2D eigenvalue weighted by Gasteiger charge is -2.39. The Morgan fingerprint density at radius 2 is 1.73 bits per heavy atom. The number of hydrogen-bond acceptors (Lipinski definition) is 7. The molecular weight excluding hydrogens is 590 g/mol. The predicted octanol–water partition coefficient (Wildman–Crippen LogP) is 3.36. The molecule has 6 rings (SSSR count). The van der Waals surface area contributed by atoms with Gasteiger partial charge >= 0.3 is 0 Å². The van der Waals surface area contributed by atoms with Gasteiger partial charge in [-0.05, 0) is 79.6 Å². The van der Waals surface area contributed by atoms with Crippen LogP contribution < -0.4 is 16.0 Å². The SMILES string of the molecule is CCC1(C(=O)N(CC(=O)Nc2ccc3c(c2)C[C@@]2(C3)C(=O)Nc3ncccc32)Cc2ccccc2CNC)CCS(=O)(=O)CC1. The zero-order valence-corrected chi connectivity index (χ0v) is 26.5. The number of nitrogens with one attached hydrogen (secondary N) is 3. The van der Waals surface area contributed by atoms with Crippen LogP contribution in [-0.2, 0) is 55.6 Å². The molecular formula is C34H39N5O5S. The number of anilines is 2. The molecule has 3 N–H and O–H groups in total. The monoisotopic (exact) mass is 629 g/mol. The Labute approximate surface area is 263 Å². The van der Waals surface area contributed by atoms with Gasteiger partial charge in [-0.15, -0.1) is 0 Å². The maximum Gasteiger partial charge on any atom is 0.244 e. The lowest BCUT2D eigenvalue weighted by atomic mass is 9.78. The van der Waals surface area contributed by atoms with E-state index in [4.69, 9.17) is 0 Å². The highest BCUT2D eigenvalue weighted by Crippen LogP contribution is 2.47. The fourth-order valence-electron chi connectivity index (χ4n) is 7.18. The summed E-state index contributed by atoms with van der Waals surface area (Å²) < 4.78 is 24.5. The number of fused-ring (bicyclic) bond motifs is 3. The first kappa shape index (κ1) is 30.9. The number of benzene rings is 2. The Morgan fingerprint density at radius 3 is 2.47 bits per heavy atom. The molecule has 0 bridgehead atoms. The van der Waals surface area contributed by atoms with Gasteiger partial charge in [0.1, 0.15) is 22.2 Å². The van der Waals surface area contributed by atoms with Gasteiger partial charge in [0, 0.05) is 30.5 Å². The first-order valence-corrected chi connectivity index (χ1v) is 17.3. The molecule has 3 heterocycles. The van der Waals surface area contributed by atoms with Crippen LogP contribution in [-0.4, -0.2) is 61.1 Å². The topological polar surface area (TPSA) is 138 Å². The molecule has 2 aliphatic heterocycles. The summed E-state index contributed by atoms with van der Waals surface area (Å²) in [4.78, 5) is 46.9. The molecule has 1 saturated heterocycles. The molecule has 45 heavy (non-hydrogen) atoms. The van der Waals surface area contributed by atoms with Crippen LogP contribution in [0.5, 0.6) is 0 Å². The maximum atomic E-state index is 14.2. The summed E-state index contributed by atoms with van der Waals surface area (Å²) >= 11 is 0. The third kappa shape index (κ3) is 5.86. The number of hydrogen-bond donors (Lipinski definition) is 3. The first-order valence-electron chi connectivity index (χ1n) is 15.5. The van der Waals surface area contributed by atoms with Crippen molar-refractivity contribution in [2.24, 2.45) is 5.41 Å². The van der Waals surface area contributed by atoms with E-state index in [1.807, 2.05) is 68.6 Å². The van der Waals surface area contributed by atoms with Crippen molar-refractivity contribution in [1.82, 2.24) is 15.2 Å². The number of nitrogens with zero attached hydrogens (tertiary/aromatic N) is 2. The van der Waals surface area contributed by atoms with Gasteiger partial charge in [0.15, 0.2) is 0 Å². The molecule has 0 radical (unpaired) electrons. The highest BCUT2D eigenvalue weighted by atomic mass is 32.2. The lowest BCUT2D eigenvalue weighted by molar-refractivity contribution is -0.145. The number of rotatable bonds is 9. The molecule has 1 fully saturated rings. The average molecular weight is 630 g/mol. The van der Waals surface area contributed by atoms with E-state index in [0.717, 1.165) is 27.8 Å². The van der Waals surface area contributed by atoms with Crippen molar-refractivity contribution in [3.63, 3.8) is 0 Å². The fraction of sp³-hybridized carbons (Fsp3) is 0.412. The molecule has 1 aliphatic carbocycles. The van der Waals surface area contributed by atoms with Crippen LogP contribution in [0.1, 0.15) is 54.0 Å². The standard InChI is InChI=1S/C34H39N5O5S/c1-3-33(12-15-45(43,44)16-13-33)32(42)39(21-25-8-5-4-7-24(25)20-35-2)22-29(40)37-27-11-10-23-18-34(19-26(23)17-27)28-9-6-14-36-30(28)38-31(34)41/h4-11,14,17,35H,3,12-13,15-16,18-22H2,1-2H3,(H,37,40)(H,36,38,41)/t34-/m1/s1. The first-order chi connectivity index (χ1) is 21.6. The van der Waals surface area contributed by atoms with Crippen molar-refractivity contribution < 1.29 is 22.8 Å². The van der Waals surface area contributed by atoms with Crippen LogP contribution in [0, 0.1) is 5.41 Å². The number of aromatic nitrogens is 1. The van der Waals surface area contributed by atoms with E-state index in [0.29, 0.717) is 37.3 Å². The molecule has 1 spiro atoms. The Balaban J connectivity index is 1.22. The summed E-state index contributed by atoms with van der Waals surface area (Å²) in [6, 6.07) is 17.3. The van der Waals surface area contributed by atoms with Crippen molar-refractivity contribution in [3.05, 3.63) is 88.6 Å². The number of sulfone groups is 1. The molecule has 10 nitrogen and oxygen atoms in total. The summed E-state index contributed by atoms with van der Waals surface area (Å²) in [6.07, 6.45) is 3.73. The third-order valence-electron chi connectivity index (χ3n) is 9.85. The van der Waals surface area contributed by atoms with E-state index in [1.165, 1.54) is 0 Å². The maximum absolute atomic E-state index is 14.2. The smallest absolute Gasteiger partial charge is 0.244 e. The lowest BCUT2D eigenvalue weighted by Crippen LogP contribution is -2.49. The second-order valence-corrected chi connectivity index (χ2v) is 14.9. The number of carbonyl (C=O) groups is 3. The third-order valence-corrected chi connectivity index (χ3v) is 11.5. The van der Waals surface area contributed by atoms with E-state index in [-0.39, 0.29) is 55.2 Å². The zero-order chi connectivity index (χ0) is 31.8. The summed E-state index contributed by atoms with van der Waals surface area (Å²) in [5.41, 5.74) is 3.93. The van der Waals surface area contributed by atoms with Crippen LogP contribution in [0.4, 0.5) is 11.5 Å². The molecule has 1 atom stereocenters. The van der Waals surface area contributed by atoms with E-state index in [2.05, 4.69) is 20.9 Å². The van der Waals surface area contributed by atoms with Crippen LogP contribution in [0.3, 0.4) is 0 Å². The minimum atomic E-state index is -3.18. The van der Waals surface area contributed by atoms with E-state index in [9.17, 15) is 22.8 Å². The van der Waals surface area contributed by atoms with E-state index in [1.54, 1.807) is 11.1 Å². The van der Waals surface area contributed by atoms with Gasteiger partial charge < -0.3 is 20.9 Å². The zero-order valence-electron chi connectivity index (χ0n) is 25.7. The molecule has 11 heteroatoms. The van der Waals surface area contributed by atoms with Crippen molar-refractivity contribution >= 4 is 39.1 Å². The molecule has 0 saturated carbocycles. The van der Waals surface area contributed by atoms with Crippen molar-refractivity contribution in [3.8, 4) is 0 Å². The molecule has 3 aliphatic rings. The molecule has 2 aromatic carbocycles. The molecule has 3 aromatic rings. The van der Waals surface area contributed by atoms with E-state index < -0.39 is 20.7 Å². The van der Waals surface area contributed by atoms with Gasteiger partial charge in [-0.25, -0.2) is 13.4 Å². The molecule has 0 unspecified atom stereocenters. The van der Waals surface area contributed by atoms with Gasteiger partial charge in [-0.1, -0.05) is 43.3 Å². The number of carbonyl (C=O) groups excluding carboxylic acids is 3. The van der Waals surface area contributed by atoms with Gasteiger partial charge in [0.2, 0.25) is 17.7 Å². The predicted molar refractivity (Wildman–Crippen MR) is 172 cm³/mol. The Bertz CT molecular complexity index is 1760. The molecule has 1 aromatic heterocycles. The van der Waals surface area contributed by atoms with Crippen LogP contribution in [0.15, 0.2) is 60.8 Å². The fourth-order valence-corrected chi connectivity index (χ4v) is 8.79. The summed E-state index contributed by atoms with van der Waals surface area (Å²) in [6.45, 7) is 2.58. The highest BCUT2D eigenvalue weighted by molar-refractivity contribution is 7.91. The number of pyridine rings is 1. The normalized spacial score (nSPS) is 20.7. The number of amides is 3. The Morgan fingerprint density at radius 1 is 1.00 bits per heavy atom. The van der Waals surface area contributed by atoms with Crippen LogP contribution in [0.2, 0.25) is 0 Å². The molecule has 3 amide bonds. The second kappa shape index (κ2) is 12.0. The highest BCUT2D eigenvalue weighted by Gasteiger charge is 2.51. The Hall–Kier alpha value is -4.09. The van der Waals surface area contributed by atoms with Crippen molar-refractivity contribution in [2.45, 2.75) is 57.5 Å². The van der Waals surface area contributed by atoms with Crippen molar-refractivity contribution in [2.75, 3.05) is 35.7 Å². The van der Waals surface area contributed by atoms with Crippen LogP contribution in [0.25, 0.3) is 0 Å². The van der Waals surface area contributed by atoms with Gasteiger partial charge in [0.25, 0.3) is 0 Å². The van der Waals surface area contributed by atoms with Crippen molar-refractivity contribution in [1.29, 1.82) is 0 Å². The average Bonchev–Trinajstić information content (AvgIpc) is 3.54. The minimum absolute atomic E-state index is 0.0296. The quantitative estimate of drug-likeness (QED) is 0.330. The Kier molecular flexibility index (Phi) is 8.26. The molecule has 236 valence electrons. The summed E-state index contributed by atoms with van der Waals surface area (Å²) in [5.74, 6) is -0.0537.